The molecule has 0 amide bonds. The first-order valence-corrected chi connectivity index (χ1v) is 10.6. The van der Waals surface area contributed by atoms with Gasteiger partial charge in [0.2, 0.25) is 0 Å². The van der Waals surface area contributed by atoms with Crippen LogP contribution in [0, 0.1) is 0 Å². The van der Waals surface area contributed by atoms with Gasteiger partial charge in [0.25, 0.3) is 0 Å². The minimum absolute atomic E-state index is 0.561. The van der Waals surface area contributed by atoms with Gasteiger partial charge in [-0.1, -0.05) is 37.1 Å². The fourth-order valence-electron chi connectivity index (χ4n) is 3.49. The van der Waals surface area contributed by atoms with Crippen LogP contribution in [0.15, 0.2) is 54.3 Å². The van der Waals surface area contributed by atoms with Gasteiger partial charge < -0.3 is 0 Å². The summed E-state index contributed by atoms with van der Waals surface area (Å²) in [5.41, 5.74) is 2.84. The summed E-state index contributed by atoms with van der Waals surface area (Å²) in [4.78, 5) is 0. The van der Waals surface area contributed by atoms with E-state index >= 15 is 0 Å². The predicted octanol–water partition coefficient (Wildman–Crippen LogP) is 8.18. The van der Waals surface area contributed by atoms with Gasteiger partial charge in [0.05, 0.1) is 0 Å². The highest BCUT2D eigenvalue weighted by molar-refractivity contribution is 9.13. The Labute approximate surface area is 165 Å². The van der Waals surface area contributed by atoms with Crippen LogP contribution in [0.25, 0.3) is 0 Å². The Hall–Kier alpha value is 0.360. The zero-order valence-corrected chi connectivity index (χ0v) is 18.3. The topological polar surface area (TPSA) is 0 Å². The molecular weight excluding hydrogens is 536 g/mol. The highest BCUT2D eigenvalue weighted by atomic mass is 79.9. The highest BCUT2D eigenvalue weighted by Crippen LogP contribution is 2.49. The fraction of sp³-hybridized carbons (Fsp3) is 0.333. The Morgan fingerprint density at radius 1 is 0.636 bits per heavy atom. The third-order valence-electron chi connectivity index (χ3n) is 4.53. The van der Waals surface area contributed by atoms with E-state index in [1.807, 2.05) is 0 Å². The van der Waals surface area contributed by atoms with E-state index in [1.165, 1.54) is 45.8 Å². The van der Waals surface area contributed by atoms with Crippen molar-refractivity contribution in [2.24, 2.45) is 0 Å². The summed E-state index contributed by atoms with van der Waals surface area (Å²) in [6.07, 6.45) is 5.12. The maximum atomic E-state index is 3.78. The molecule has 0 N–H and O–H groups in total. The number of halogens is 4. The van der Waals surface area contributed by atoms with Gasteiger partial charge in [-0.15, -0.1) is 0 Å². The van der Waals surface area contributed by atoms with Crippen molar-refractivity contribution in [3.63, 3.8) is 0 Å². The molecular formula is C18H16Br4. The predicted molar refractivity (Wildman–Crippen MR) is 108 cm³/mol. The maximum absolute atomic E-state index is 3.78. The van der Waals surface area contributed by atoms with Crippen molar-refractivity contribution in [3.8, 4) is 0 Å². The van der Waals surface area contributed by atoms with Gasteiger partial charge in [0.15, 0.2) is 0 Å². The molecule has 2 aromatic rings. The van der Waals surface area contributed by atoms with Gasteiger partial charge in [-0.2, -0.15) is 0 Å². The van der Waals surface area contributed by atoms with Gasteiger partial charge in [-0.05, 0) is 112 Å². The molecule has 3 rings (SSSR count). The zero-order valence-electron chi connectivity index (χ0n) is 12.0. The van der Waals surface area contributed by atoms with Crippen LogP contribution >= 0.6 is 63.7 Å². The van der Waals surface area contributed by atoms with Gasteiger partial charge in [-0.25, -0.2) is 0 Å². The molecule has 0 nitrogen and oxygen atoms in total. The molecule has 2 atom stereocenters. The van der Waals surface area contributed by atoms with Crippen LogP contribution in [0.1, 0.15) is 48.6 Å². The quantitative estimate of drug-likeness (QED) is 0.353. The van der Waals surface area contributed by atoms with E-state index in [4.69, 9.17) is 0 Å². The molecule has 0 bridgehead atoms. The van der Waals surface area contributed by atoms with Crippen LogP contribution in [0.5, 0.6) is 0 Å². The van der Waals surface area contributed by atoms with E-state index in [0.29, 0.717) is 11.8 Å². The first-order valence-electron chi connectivity index (χ1n) is 7.47. The van der Waals surface area contributed by atoms with E-state index in [1.54, 1.807) is 0 Å². The lowest BCUT2D eigenvalue weighted by atomic mass is 9.72. The van der Waals surface area contributed by atoms with E-state index in [-0.39, 0.29) is 0 Å². The van der Waals surface area contributed by atoms with Gasteiger partial charge >= 0.3 is 0 Å². The third kappa shape index (κ3) is 3.40. The van der Waals surface area contributed by atoms with Crippen LogP contribution in [0.3, 0.4) is 0 Å². The molecule has 2 unspecified atom stereocenters. The summed E-state index contributed by atoms with van der Waals surface area (Å²) < 4.78 is 4.70. The molecule has 0 spiro atoms. The van der Waals surface area contributed by atoms with Crippen molar-refractivity contribution in [2.75, 3.05) is 0 Å². The summed E-state index contributed by atoms with van der Waals surface area (Å²) >= 11 is 14.9. The van der Waals surface area contributed by atoms with Gasteiger partial charge in [0.1, 0.15) is 0 Å². The Bertz CT molecular complexity index is 621. The average Bonchev–Trinajstić information content (AvgIpc) is 2.53. The van der Waals surface area contributed by atoms with E-state index < -0.39 is 0 Å². The van der Waals surface area contributed by atoms with Crippen molar-refractivity contribution < 1.29 is 0 Å². The lowest BCUT2D eigenvalue weighted by Gasteiger charge is -2.34. The summed E-state index contributed by atoms with van der Waals surface area (Å²) in [5.74, 6) is 1.12. The number of rotatable bonds is 2. The van der Waals surface area contributed by atoms with Crippen LogP contribution in [0.4, 0.5) is 0 Å². The van der Waals surface area contributed by atoms with E-state index in [0.717, 1.165) is 8.95 Å². The first-order chi connectivity index (χ1) is 10.6. The minimum Gasteiger partial charge on any atom is -0.0608 e. The summed E-state index contributed by atoms with van der Waals surface area (Å²) in [7, 11) is 0. The second kappa shape index (κ2) is 7.50. The van der Waals surface area contributed by atoms with Crippen LogP contribution in [-0.2, 0) is 0 Å². The first kappa shape index (κ1) is 17.2. The monoisotopic (exact) mass is 548 g/mol. The number of benzene rings is 2. The van der Waals surface area contributed by atoms with Crippen molar-refractivity contribution in [1.29, 1.82) is 0 Å². The minimum atomic E-state index is 0.561. The van der Waals surface area contributed by atoms with E-state index in [9.17, 15) is 0 Å². The zero-order chi connectivity index (χ0) is 15.7. The van der Waals surface area contributed by atoms with Gasteiger partial charge in [-0.3, -0.25) is 0 Å². The lowest BCUT2D eigenvalue weighted by Crippen LogP contribution is -2.17. The Kier molecular flexibility index (Phi) is 5.86. The van der Waals surface area contributed by atoms with E-state index in [2.05, 4.69) is 100 Å². The highest BCUT2D eigenvalue weighted by Gasteiger charge is 2.30. The van der Waals surface area contributed by atoms with Gasteiger partial charge in [0, 0.05) is 17.9 Å². The SMILES string of the molecule is Brc1cccc(C2CCCCC2c2cccc(Br)c2Br)c1Br. The summed E-state index contributed by atoms with van der Waals surface area (Å²) in [6, 6.07) is 13.0. The standard InChI is InChI=1S/C18H16Br4/c19-15-9-3-7-13(17(15)21)11-5-1-2-6-12(11)14-8-4-10-16(20)18(14)22/h3-4,7-12H,1-2,5-6H2. The second-order valence-corrected chi connectivity index (χ2v) is 9.08. The molecule has 1 saturated carbocycles. The Morgan fingerprint density at radius 3 is 1.45 bits per heavy atom. The van der Waals surface area contributed by atoms with Crippen LogP contribution in [-0.4, -0.2) is 0 Å². The Morgan fingerprint density at radius 2 is 1.05 bits per heavy atom. The molecule has 0 saturated heterocycles. The van der Waals surface area contributed by atoms with Crippen LogP contribution < -0.4 is 0 Å². The maximum Gasteiger partial charge on any atom is 0.0352 e. The molecule has 1 aliphatic carbocycles. The third-order valence-corrected chi connectivity index (χ3v) is 8.68. The van der Waals surface area contributed by atoms with Crippen LogP contribution in [0.2, 0.25) is 0 Å². The second-order valence-electron chi connectivity index (χ2n) is 5.78. The molecule has 1 aliphatic rings. The molecule has 0 aliphatic heterocycles. The lowest BCUT2D eigenvalue weighted by molar-refractivity contribution is 0.384. The van der Waals surface area contributed by atoms with Crippen molar-refractivity contribution in [1.82, 2.24) is 0 Å². The Balaban J connectivity index is 2.05. The normalized spacial score (nSPS) is 21.8. The summed E-state index contributed by atoms with van der Waals surface area (Å²) in [6.45, 7) is 0. The van der Waals surface area contributed by atoms with Crippen molar-refractivity contribution in [3.05, 3.63) is 65.4 Å². The number of hydrogen-bond acceptors (Lipinski definition) is 0. The molecule has 0 radical (unpaired) electrons. The molecule has 4 heteroatoms. The molecule has 22 heavy (non-hydrogen) atoms. The largest absolute Gasteiger partial charge is 0.0608 e. The smallest absolute Gasteiger partial charge is 0.0352 e. The van der Waals surface area contributed by atoms with Crippen molar-refractivity contribution in [2.45, 2.75) is 37.5 Å². The molecule has 116 valence electrons. The molecule has 0 heterocycles. The molecule has 1 fully saturated rings. The molecule has 2 aromatic carbocycles. The average molecular weight is 552 g/mol. The molecule has 0 aromatic heterocycles. The fourth-order valence-corrected chi connectivity index (χ4v) is 5.37. The van der Waals surface area contributed by atoms with Crippen molar-refractivity contribution >= 4 is 63.7 Å². The summed E-state index contributed by atoms with van der Waals surface area (Å²) in [5, 5.41) is 0. The number of hydrogen-bond donors (Lipinski definition) is 0.